The van der Waals surface area contributed by atoms with E-state index in [0.717, 1.165) is 31.4 Å². The molecule has 6 nitrogen and oxygen atoms in total. The fourth-order valence-corrected chi connectivity index (χ4v) is 3.07. The van der Waals surface area contributed by atoms with Crippen LogP contribution in [-0.4, -0.2) is 38.3 Å². The lowest BCUT2D eigenvalue weighted by Gasteiger charge is -2.35. The van der Waals surface area contributed by atoms with Crippen molar-refractivity contribution in [3.63, 3.8) is 0 Å². The Morgan fingerprint density at radius 3 is 2.71 bits per heavy atom. The van der Waals surface area contributed by atoms with E-state index in [9.17, 15) is 4.79 Å². The van der Waals surface area contributed by atoms with Crippen molar-refractivity contribution in [2.45, 2.75) is 45.2 Å². The van der Waals surface area contributed by atoms with Crippen LogP contribution in [0.1, 0.15) is 48.5 Å². The average Bonchev–Trinajstić information content (AvgIpc) is 2.67. The normalized spacial score (nSPS) is 17.5. The zero-order valence-corrected chi connectivity index (χ0v) is 14.0. The molecule has 2 aromatic heterocycles. The summed E-state index contributed by atoms with van der Waals surface area (Å²) < 4.78 is 0. The van der Waals surface area contributed by atoms with Crippen LogP contribution >= 0.6 is 0 Å². The molecule has 0 aliphatic carbocycles. The number of carbonyl (C=O) groups excluding carboxylic acids is 1. The maximum atomic E-state index is 12.7. The Bertz CT molecular complexity index is 659. The van der Waals surface area contributed by atoms with Gasteiger partial charge < -0.3 is 10.2 Å². The number of amides is 1. The highest BCUT2D eigenvalue weighted by atomic mass is 16.2. The molecule has 0 radical (unpaired) electrons. The van der Waals surface area contributed by atoms with E-state index in [1.807, 2.05) is 17.0 Å². The standard InChI is InChI=1S/C18H23N5O/c1-2-16-5-3-4-10-23(16)17(24)15-12-21-18(22-13-15)20-11-14-6-8-19-9-7-14/h6-9,12-13,16H,2-5,10-11H2,1H3,(H,20,21,22). The molecule has 1 N–H and O–H groups in total. The van der Waals surface area contributed by atoms with Crippen LogP contribution in [0.4, 0.5) is 5.95 Å². The maximum absolute atomic E-state index is 12.7. The van der Waals surface area contributed by atoms with Crippen LogP contribution in [0.5, 0.6) is 0 Å². The van der Waals surface area contributed by atoms with Crippen molar-refractivity contribution in [3.05, 3.63) is 48.0 Å². The summed E-state index contributed by atoms with van der Waals surface area (Å²) >= 11 is 0. The smallest absolute Gasteiger partial charge is 0.257 e. The Labute approximate surface area is 142 Å². The van der Waals surface area contributed by atoms with E-state index in [-0.39, 0.29) is 5.91 Å². The van der Waals surface area contributed by atoms with Gasteiger partial charge in [-0.1, -0.05) is 6.92 Å². The number of aromatic nitrogens is 3. The molecule has 24 heavy (non-hydrogen) atoms. The van der Waals surface area contributed by atoms with Gasteiger partial charge in [0.05, 0.1) is 5.56 Å². The quantitative estimate of drug-likeness (QED) is 0.915. The second-order valence-electron chi connectivity index (χ2n) is 6.06. The summed E-state index contributed by atoms with van der Waals surface area (Å²) in [5.74, 6) is 0.566. The number of likely N-dealkylation sites (tertiary alicyclic amines) is 1. The van der Waals surface area contributed by atoms with Crippen LogP contribution < -0.4 is 5.32 Å². The minimum Gasteiger partial charge on any atom is -0.350 e. The first kappa shape index (κ1) is 16.4. The third kappa shape index (κ3) is 3.88. The SMILES string of the molecule is CCC1CCCCN1C(=O)c1cnc(NCc2ccncc2)nc1. The first-order chi connectivity index (χ1) is 11.8. The van der Waals surface area contributed by atoms with Crippen LogP contribution in [0.3, 0.4) is 0 Å². The molecular formula is C18H23N5O. The topological polar surface area (TPSA) is 71.0 Å². The van der Waals surface area contributed by atoms with Gasteiger partial charge in [-0.2, -0.15) is 0 Å². The molecule has 1 atom stereocenters. The Morgan fingerprint density at radius 1 is 1.25 bits per heavy atom. The van der Waals surface area contributed by atoms with Gasteiger partial charge in [-0.15, -0.1) is 0 Å². The Hall–Kier alpha value is -2.50. The lowest BCUT2D eigenvalue weighted by Crippen LogP contribution is -2.43. The highest BCUT2D eigenvalue weighted by Crippen LogP contribution is 2.21. The molecule has 6 heteroatoms. The van der Waals surface area contributed by atoms with E-state index in [4.69, 9.17) is 0 Å². The van der Waals surface area contributed by atoms with Gasteiger partial charge in [0.1, 0.15) is 0 Å². The first-order valence-corrected chi connectivity index (χ1v) is 8.53. The number of pyridine rings is 1. The van der Waals surface area contributed by atoms with Gasteiger partial charge in [0.2, 0.25) is 5.95 Å². The van der Waals surface area contributed by atoms with Gasteiger partial charge >= 0.3 is 0 Å². The number of anilines is 1. The van der Waals surface area contributed by atoms with Gasteiger partial charge in [-0.05, 0) is 43.4 Å². The third-order valence-electron chi connectivity index (χ3n) is 4.46. The van der Waals surface area contributed by atoms with E-state index in [2.05, 4.69) is 27.2 Å². The fraction of sp³-hybridized carbons (Fsp3) is 0.444. The number of piperidine rings is 1. The molecule has 0 aromatic carbocycles. The van der Waals surface area contributed by atoms with Crippen molar-refractivity contribution in [3.8, 4) is 0 Å². The average molecular weight is 325 g/mol. The monoisotopic (exact) mass is 325 g/mol. The van der Waals surface area contributed by atoms with Crippen LogP contribution in [0.15, 0.2) is 36.9 Å². The molecule has 0 bridgehead atoms. The number of hydrogen-bond acceptors (Lipinski definition) is 5. The lowest BCUT2D eigenvalue weighted by molar-refractivity contribution is 0.0607. The number of rotatable bonds is 5. The van der Waals surface area contributed by atoms with Crippen molar-refractivity contribution in [2.24, 2.45) is 0 Å². The fourth-order valence-electron chi connectivity index (χ4n) is 3.07. The predicted molar refractivity (Wildman–Crippen MR) is 92.6 cm³/mol. The molecule has 126 valence electrons. The molecule has 0 saturated carbocycles. The Kier molecular flexibility index (Phi) is 5.36. The summed E-state index contributed by atoms with van der Waals surface area (Å²) in [5.41, 5.74) is 1.66. The summed E-state index contributed by atoms with van der Waals surface area (Å²) in [6.45, 7) is 3.60. The lowest BCUT2D eigenvalue weighted by atomic mass is 9.99. The van der Waals surface area contributed by atoms with Crippen LogP contribution in [0.2, 0.25) is 0 Å². The molecule has 1 unspecified atom stereocenters. The highest BCUT2D eigenvalue weighted by Gasteiger charge is 2.26. The van der Waals surface area contributed by atoms with Crippen molar-refractivity contribution >= 4 is 11.9 Å². The van der Waals surface area contributed by atoms with Crippen LogP contribution in [-0.2, 0) is 6.54 Å². The van der Waals surface area contributed by atoms with Crippen molar-refractivity contribution in [1.82, 2.24) is 19.9 Å². The second-order valence-corrected chi connectivity index (χ2v) is 6.06. The van der Waals surface area contributed by atoms with Crippen LogP contribution in [0.25, 0.3) is 0 Å². The van der Waals surface area contributed by atoms with Crippen molar-refractivity contribution < 1.29 is 4.79 Å². The summed E-state index contributed by atoms with van der Waals surface area (Å²) in [7, 11) is 0. The largest absolute Gasteiger partial charge is 0.350 e. The molecule has 3 heterocycles. The number of nitrogens with one attached hydrogen (secondary N) is 1. The van der Waals surface area contributed by atoms with E-state index < -0.39 is 0 Å². The van der Waals surface area contributed by atoms with E-state index in [1.165, 1.54) is 6.42 Å². The number of carbonyl (C=O) groups is 1. The van der Waals surface area contributed by atoms with Gasteiger partial charge in [0, 0.05) is 43.9 Å². The first-order valence-electron chi connectivity index (χ1n) is 8.53. The van der Waals surface area contributed by atoms with Crippen LogP contribution in [0, 0.1) is 0 Å². The summed E-state index contributed by atoms with van der Waals surface area (Å²) in [6, 6.07) is 4.22. The van der Waals surface area contributed by atoms with Gasteiger partial charge in [0.15, 0.2) is 0 Å². The van der Waals surface area contributed by atoms with E-state index in [0.29, 0.717) is 24.1 Å². The Balaban J connectivity index is 1.62. The number of nitrogens with zero attached hydrogens (tertiary/aromatic N) is 4. The molecule has 1 amide bonds. The minimum absolute atomic E-state index is 0.0437. The molecule has 1 aliphatic rings. The van der Waals surface area contributed by atoms with E-state index in [1.54, 1.807) is 24.8 Å². The summed E-state index contributed by atoms with van der Waals surface area (Å²) in [5, 5.41) is 3.15. The Morgan fingerprint density at radius 2 is 2.00 bits per heavy atom. The zero-order valence-electron chi connectivity index (χ0n) is 14.0. The van der Waals surface area contributed by atoms with Crippen molar-refractivity contribution in [1.29, 1.82) is 0 Å². The van der Waals surface area contributed by atoms with Gasteiger partial charge in [0.25, 0.3) is 5.91 Å². The predicted octanol–water partition coefficient (Wildman–Crippen LogP) is 2.89. The molecule has 1 fully saturated rings. The summed E-state index contributed by atoms with van der Waals surface area (Å²) in [6.07, 6.45) is 11.1. The molecular weight excluding hydrogens is 302 g/mol. The maximum Gasteiger partial charge on any atom is 0.257 e. The van der Waals surface area contributed by atoms with Crippen molar-refractivity contribution in [2.75, 3.05) is 11.9 Å². The molecule has 1 aliphatic heterocycles. The molecule has 3 rings (SSSR count). The molecule has 2 aromatic rings. The third-order valence-corrected chi connectivity index (χ3v) is 4.46. The zero-order chi connectivity index (χ0) is 16.8. The van der Waals surface area contributed by atoms with E-state index >= 15 is 0 Å². The number of hydrogen-bond donors (Lipinski definition) is 1. The summed E-state index contributed by atoms with van der Waals surface area (Å²) in [4.78, 5) is 27.2. The second kappa shape index (κ2) is 7.86. The minimum atomic E-state index is 0.0437. The van der Waals surface area contributed by atoms with Gasteiger partial charge in [-0.3, -0.25) is 9.78 Å². The van der Waals surface area contributed by atoms with Gasteiger partial charge in [-0.25, -0.2) is 9.97 Å². The highest BCUT2D eigenvalue weighted by molar-refractivity contribution is 5.94. The molecule has 1 saturated heterocycles. The molecule has 0 spiro atoms.